The molecule has 1 fully saturated rings. The maximum Gasteiger partial charge on any atom is 0.173 e. The highest BCUT2D eigenvalue weighted by Crippen LogP contribution is 2.25. The molecule has 0 amide bonds. The van der Waals surface area contributed by atoms with Gasteiger partial charge in [0.25, 0.3) is 0 Å². The number of piperidine rings is 1. The Morgan fingerprint density at radius 2 is 1.77 bits per heavy atom. The second-order valence-corrected chi connectivity index (χ2v) is 7.65. The zero-order valence-electron chi connectivity index (χ0n) is 16.1. The number of anilines is 2. The summed E-state index contributed by atoms with van der Waals surface area (Å²) >= 11 is 5.63. The lowest BCUT2D eigenvalue weighted by atomic mass is 10.1. The Morgan fingerprint density at radius 1 is 1.04 bits per heavy atom. The fraction of sp³-hybridized carbons (Fsp3) is 0.409. The Bertz CT molecular complexity index is 766. The van der Waals surface area contributed by atoms with Crippen molar-refractivity contribution < 1.29 is 0 Å². The topological polar surface area (TPSA) is 18.5 Å². The van der Waals surface area contributed by atoms with Crippen molar-refractivity contribution >= 4 is 28.7 Å². The molecule has 0 radical (unpaired) electrons. The lowest BCUT2D eigenvalue weighted by Crippen LogP contribution is -2.33. The van der Waals surface area contributed by atoms with Crippen LogP contribution < -0.4 is 10.2 Å². The molecule has 0 unspecified atom stereocenters. The fourth-order valence-electron chi connectivity index (χ4n) is 3.45. The fourth-order valence-corrected chi connectivity index (χ4v) is 3.64. The van der Waals surface area contributed by atoms with Crippen molar-refractivity contribution in [2.24, 2.45) is 0 Å². The third-order valence-corrected chi connectivity index (χ3v) is 5.61. The van der Waals surface area contributed by atoms with E-state index in [4.69, 9.17) is 12.2 Å². The van der Waals surface area contributed by atoms with Gasteiger partial charge in [-0.25, -0.2) is 0 Å². The van der Waals surface area contributed by atoms with E-state index in [-0.39, 0.29) is 0 Å². The Hall–Kier alpha value is -2.07. The molecule has 2 aromatic carbocycles. The van der Waals surface area contributed by atoms with Crippen LogP contribution in [0.3, 0.4) is 0 Å². The van der Waals surface area contributed by atoms with Gasteiger partial charge >= 0.3 is 0 Å². The van der Waals surface area contributed by atoms with Gasteiger partial charge in [-0.15, -0.1) is 0 Å². The first-order chi connectivity index (χ1) is 12.5. The van der Waals surface area contributed by atoms with E-state index in [2.05, 4.69) is 78.5 Å². The van der Waals surface area contributed by atoms with Gasteiger partial charge in [0, 0.05) is 38.1 Å². The van der Waals surface area contributed by atoms with Gasteiger partial charge in [-0.2, -0.15) is 0 Å². The Morgan fingerprint density at radius 3 is 2.50 bits per heavy atom. The molecule has 0 aromatic heterocycles. The summed E-state index contributed by atoms with van der Waals surface area (Å²) in [6.45, 7) is 7.38. The second-order valence-electron chi connectivity index (χ2n) is 7.26. The Labute approximate surface area is 163 Å². The molecule has 0 spiro atoms. The summed E-state index contributed by atoms with van der Waals surface area (Å²) in [4.78, 5) is 4.64. The van der Waals surface area contributed by atoms with Crippen molar-refractivity contribution in [3.05, 3.63) is 59.2 Å². The molecule has 0 saturated carbocycles. The molecule has 1 aliphatic heterocycles. The third-order valence-electron chi connectivity index (χ3n) is 5.20. The molecule has 138 valence electrons. The van der Waals surface area contributed by atoms with E-state index in [1.165, 1.54) is 41.6 Å². The number of aryl methyl sites for hydroxylation is 2. The van der Waals surface area contributed by atoms with Crippen LogP contribution in [0.5, 0.6) is 0 Å². The predicted molar refractivity (Wildman–Crippen MR) is 116 cm³/mol. The minimum atomic E-state index is 0.752. The number of thiocarbonyl (C=S) groups is 1. The largest absolute Gasteiger partial charge is 0.371 e. The van der Waals surface area contributed by atoms with E-state index in [0.717, 1.165) is 30.4 Å². The van der Waals surface area contributed by atoms with Crippen LogP contribution in [0.4, 0.5) is 11.4 Å². The molecule has 4 heteroatoms. The highest BCUT2D eigenvalue weighted by Gasteiger charge is 2.15. The van der Waals surface area contributed by atoms with Crippen molar-refractivity contribution in [3.63, 3.8) is 0 Å². The number of benzene rings is 2. The number of rotatable bonds is 4. The van der Waals surface area contributed by atoms with E-state index in [9.17, 15) is 0 Å². The molecule has 1 heterocycles. The summed E-state index contributed by atoms with van der Waals surface area (Å²) in [5.74, 6) is 0. The third kappa shape index (κ3) is 4.55. The highest BCUT2D eigenvalue weighted by molar-refractivity contribution is 7.80. The van der Waals surface area contributed by atoms with Crippen LogP contribution in [0.15, 0.2) is 42.5 Å². The van der Waals surface area contributed by atoms with Crippen LogP contribution >= 0.6 is 12.2 Å². The number of nitrogens with zero attached hydrogens (tertiary/aromatic N) is 2. The van der Waals surface area contributed by atoms with Gasteiger partial charge in [-0.3, -0.25) is 0 Å². The van der Waals surface area contributed by atoms with Crippen molar-refractivity contribution in [3.8, 4) is 0 Å². The molecule has 3 rings (SSSR count). The van der Waals surface area contributed by atoms with E-state index in [0.29, 0.717) is 0 Å². The molecule has 2 aromatic rings. The Kier molecular flexibility index (Phi) is 6.15. The quantitative estimate of drug-likeness (QED) is 0.756. The molecule has 26 heavy (non-hydrogen) atoms. The number of para-hydroxylation sites is 1. The van der Waals surface area contributed by atoms with Gasteiger partial charge in [0.15, 0.2) is 5.11 Å². The van der Waals surface area contributed by atoms with Gasteiger partial charge in [0.2, 0.25) is 0 Å². The molecule has 0 atom stereocenters. The average Bonchev–Trinajstić information content (AvgIpc) is 2.66. The van der Waals surface area contributed by atoms with Crippen LogP contribution in [0.1, 0.15) is 36.0 Å². The van der Waals surface area contributed by atoms with E-state index in [1.807, 2.05) is 0 Å². The predicted octanol–water partition coefficient (Wildman–Crippen LogP) is 5.12. The monoisotopic (exact) mass is 367 g/mol. The number of nitrogens with one attached hydrogen (secondary N) is 1. The summed E-state index contributed by atoms with van der Waals surface area (Å²) in [5, 5.41) is 4.12. The standard InChI is InChI=1S/C22H29N3S/c1-17-11-12-20(15-18(17)2)23-22(26)24(3)16-19-9-5-6-10-21(19)25-13-7-4-8-14-25/h5-6,9-12,15H,4,7-8,13-14,16H2,1-3H3,(H,23,26). The van der Waals surface area contributed by atoms with Crippen LogP contribution in [0.25, 0.3) is 0 Å². The first-order valence-corrected chi connectivity index (χ1v) is 9.87. The normalized spacial score (nSPS) is 14.2. The first-order valence-electron chi connectivity index (χ1n) is 9.47. The van der Waals surface area contributed by atoms with Gasteiger partial charge in [0.1, 0.15) is 0 Å². The van der Waals surface area contributed by atoms with Crippen molar-refractivity contribution in [2.75, 3.05) is 30.4 Å². The average molecular weight is 368 g/mol. The number of hydrogen-bond acceptors (Lipinski definition) is 2. The van der Waals surface area contributed by atoms with E-state index >= 15 is 0 Å². The summed E-state index contributed by atoms with van der Waals surface area (Å²) < 4.78 is 0. The summed E-state index contributed by atoms with van der Waals surface area (Å²) in [5.41, 5.74) is 6.31. The first kappa shape index (κ1) is 18.7. The van der Waals surface area contributed by atoms with Crippen LogP contribution in [-0.2, 0) is 6.54 Å². The lowest BCUT2D eigenvalue weighted by Gasteiger charge is -2.32. The molecule has 0 aliphatic carbocycles. The number of hydrogen-bond donors (Lipinski definition) is 1. The zero-order chi connectivity index (χ0) is 18.5. The van der Waals surface area contributed by atoms with Gasteiger partial charge < -0.3 is 15.1 Å². The smallest absolute Gasteiger partial charge is 0.173 e. The maximum atomic E-state index is 5.63. The van der Waals surface area contributed by atoms with Crippen molar-refractivity contribution in [2.45, 2.75) is 39.7 Å². The highest BCUT2D eigenvalue weighted by atomic mass is 32.1. The second kappa shape index (κ2) is 8.54. The SMILES string of the molecule is Cc1ccc(NC(=S)N(C)Cc2ccccc2N2CCCCC2)cc1C. The van der Waals surface area contributed by atoms with Crippen LogP contribution in [0, 0.1) is 13.8 Å². The maximum absolute atomic E-state index is 5.63. The zero-order valence-corrected chi connectivity index (χ0v) is 16.9. The molecule has 3 nitrogen and oxygen atoms in total. The molecular weight excluding hydrogens is 338 g/mol. The summed E-state index contributed by atoms with van der Waals surface area (Å²) in [6.07, 6.45) is 3.93. The van der Waals surface area contributed by atoms with Gasteiger partial charge in [-0.05, 0) is 80.2 Å². The molecule has 1 N–H and O–H groups in total. The molecular formula is C22H29N3S. The van der Waals surface area contributed by atoms with Crippen LogP contribution in [0.2, 0.25) is 0 Å². The lowest BCUT2D eigenvalue weighted by molar-refractivity contribution is 0.505. The van der Waals surface area contributed by atoms with Gasteiger partial charge in [-0.1, -0.05) is 24.3 Å². The summed E-state index contributed by atoms with van der Waals surface area (Å²) in [6, 6.07) is 15.1. The van der Waals surface area contributed by atoms with E-state index in [1.54, 1.807) is 0 Å². The molecule has 0 bridgehead atoms. The minimum absolute atomic E-state index is 0.752. The van der Waals surface area contributed by atoms with E-state index < -0.39 is 0 Å². The molecule has 1 saturated heterocycles. The Balaban J connectivity index is 1.68. The van der Waals surface area contributed by atoms with Gasteiger partial charge in [0.05, 0.1) is 0 Å². The van der Waals surface area contributed by atoms with Crippen molar-refractivity contribution in [1.82, 2.24) is 4.90 Å². The molecule has 1 aliphatic rings. The van der Waals surface area contributed by atoms with Crippen molar-refractivity contribution in [1.29, 1.82) is 0 Å². The van der Waals surface area contributed by atoms with Crippen LogP contribution in [-0.4, -0.2) is 30.1 Å². The minimum Gasteiger partial charge on any atom is -0.371 e. The summed E-state index contributed by atoms with van der Waals surface area (Å²) in [7, 11) is 2.06.